The third-order valence-corrected chi connectivity index (χ3v) is 4.27. The topological polar surface area (TPSA) is 58.6 Å². The minimum atomic E-state index is -1.12. The van der Waals surface area contributed by atoms with Gasteiger partial charge in [0.15, 0.2) is 0 Å². The molecule has 6 heteroatoms. The molecule has 108 valence electrons. The molecule has 4 nitrogen and oxygen atoms in total. The molecule has 0 bridgehead atoms. The van der Waals surface area contributed by atoms with Crippen molar-refractivity contribution in [3.05, 3.63) is 34.9 Å². The average Bonchev–Trinajstić information content (AvgIpc) is 2.37. The van der Waals surface area contributed by atoms with Crippen molar-refractivity contribution in [3.8, 4) is 0 Å². The highest BCUT2D eigenvalue weighted by molar-refractivity contribution is 7.84. The van der Waals surface area contributed by atoms with Gasteiger partial charge in [-0.1, -0.05) is 29.8 Å². The van der Waals surface area contributed by atoms with Gasteiger partial charge >= 0.3 is 0 Å². The Balaban J connectivity index is 2.29. The van der Waals surface area contributed by atoms with E-state index in [4.69, 9.17) is 16.3 Å². The molecule has 0 saturated carbocycles. The van der Waals surface area contributed by atoms with Crippen LogP contribution in [-0.2, 0) is 21.3 Å². The maximum absolute atomic E-state index is 11.9. The summed E-state index contributed by atoms with van der Waals surface area (Å²) in [5.41, 5.74) is 0.849. The number of halogens is 1. The summed E-state index contributed by atoms with van der Waals surface area (Å²) in [6.45, 7) is 1.68. The molecule has 0 heterocycles. The molecule has 0 aliphatic heterocycles. The van der Waals surface area contributed by atoms with Crippen molar-refractivity contribution >= 4 is 22.4 Å². The van der Waals surface area contributed by atoms with Gasteiger partial charge in [-0.15, -0.1) is 0 Å². The molecule has 1 rings (SSSR count). The molecule has 0 amide bonds. The molecule has 2 unspecified atom stereocenters. The lowest BCUT2D eigenvalue weighted by Gasteiger charge is -2.11. The second-order valence-electron chi connectivity index (χ2n) is 4.19. The molecule has 0 fully saturated rings. The van der Waals surface area contributed by atoms with Crippen LogP contribution in [0.4, 0.5) is 0 Å². The molecule has 0 saturated heterocycles. The summed E-state index contributed by atoms with van der Waals surface area (Å²) in [5, 5.41) is 13.4. The number of hydrogen-bond acceptors (Lipinski definition) is 4. The van der Waals surface area contributed by atoms with Crippen molar-refractivity contribution in [2.45, 2.75) is 11.9 Å². The molecule has 0 aliphatic rings. The first kappa shape index (κ1) is 16.6. The molecule has 0 aromatic heterocycles. The van der Waals surface area contributed by atoms with Crippen LogP contribution in [0.3, 0.4) is 0 Å². The van der Waals surface area contributed by atoms with E-state index >= 15 is 0 Å². The molecular formula is C13H20ClNO3S. The molecule has 1 aromatic carbocycles. The second kappa shape index (κ2) is 9.44. The second-order valence-corrected chi connectivity index (χ2v) is 6.10. The Morgan fingerprint density at radius 3 is 2.89 bits per heavy atom. The van der Waals surface area contributed by atoms with Gasteiger partial charge < -0.3 is 15.2 Å². The molecule has 0 radical (unpaired) electrons. The van der Waals surface area contributed by atoms with E-state index in [-0.39, 0.29) is 5.75 Å². The third-order valence-electron chi connectivity index (χ3n) is 2.52. The first-order valence-corrected chi connectivity index (χ1v) is 7.96. The normalized spacial score (nSPS) is 14.3. The van der Waals surface area contributed by atoms with Gasteiger partial charge in [0.2, 0.25) is 0 Å². The number of aliphatic hydroxyl groups excluding tert-OH is 1. The molecule has 2 atom stereocenters. The fraction of sp³-hybridized carbons (Fsp3) is 0.538. The fourth-order valence-corrected chi connectivity index (χ4v) is 3.11. The van der Waals surface area contributed by atoms with Gasteiger partial charge in [0, 0.05) is 36.0 Å². The van der Waals surface area contributed by atoms with Crippen LogP contribution in [0, 0.1) is 0 Å². The zero-order valence-corrected chi connectivity index (χ0v) is 12.5. The van der Waals surface area contributed by atoms with Gasteiger partial charge in [-0.05, 0) is 11.6 Å². The van der Waals surface area contributed by atoms with Crippen LogP contribution >= 0.6 is 11.6 Å². The van der Waals surface area contributed by atoms with E-state index in [9.17, 15) is 9.32 Å². The van der Waals surface area contributed by atoms with Crippen LogP contribution in [0.25, 0.3) is 0 Å². The van der Waals surface area contributed by atoms with Gasteiger partial charge in [-0.3, -0.25) is 4.21 Å². The quantitative estimate of drug-likeness (QED) is 0.673. The number of aliphatic hydroxyl groups is 1. The Morgan fingerprint density at radius 1 is 1.47 bits per heavy atom. The minimum absolute atomic E-state index is 0.241. The molecule has 2 N–H and O–H groups in total. The van der Waals surface area contributed by atoms with Gasteiger partial charge in [0.25, 0.3) is 0 Å². The van der Waals surface area contributed by atoms with Crippen molar-refractivity contribution in [3.63, 3.8) is 0 Å². The summed E-state index contributed by atoms with van der Waals surface area (Å²) in [6, 6.07) is 7.32. The molecule has 0 aliphatic carbocycles. The third kappa shape index (κ3) is 7.03. The van der Waals surface area contributed by atoms with Crippen molar-refractivity contribution < 1.29 is 14.1 Å². The first-order chi connectivity index (χ1) is 9.13. The fourth-order valence-electron chi connectivity index (χ4n) is 1.56. The largest absolute Gasteiger partial charge is 0.391 e. The number of nitrogens with one attached hydrogen (secondary N) is 1. The van der Waals surface area contributed by atoms with Gasteiger partial charge in [0.05, 0.1) is 24.2 Å². The van der Waals surface area contributed by atoms with Crippen LogP contribution in [-0.4, -0.2) is 48.0 Å². The standard InChI is InChI=1S/C13H20ClNO3S/c1-18-7-6-15-8-12(16)10-19(17)9-11-4-2-3-5-13(11)14/h2-5,12,15-16H,6-10H2,1H3. The lowest BCUT2D eigenvalue weighted by atomic mass is 10.2. The molecule has 0 spiro atoms. The van der Waals surface area contributed by atoms with E-state index < -0.39 is 16.9 Å². The Morgan fingerprint density at radius 2 is 2.21 bits per heavy atom. The van der Waals surface area contributed by atoms with Gasteiger partial charge in [0.1, 0.15) is 0 Å². The summed E-state index contributed by atoms with van der Waals surface area (Å²) in [6.07, 6.45) is -0.625. The smallest absolute Gasteiger partial charge is 0.0779 e. The van der Waals surface area contributed by atoms with E-state index in [1.165, 1.54) is 0 Å². The van der Waals surface area contributed by atoms with Crippen LogP contribution in [0.2, 0.25) is 5.02 Å². The zero-order valence-electron chi connectivity index (χ0n) is 11.0. The summed E-state index contributed by atoms with van der Waals surface area (Å²) < 4.78 is 16.8. The highest BCUT2D eigenvalue weighted by Crippen LogP contribution is 2.16. The van der Waals surface area contributed by atoms with Gasteiger partial charge in [-0.2, -0.15) is 0 Å². The number of methoxy groups -OCH3 is 1. The average molecular weight is 306 g/mol. The van der Waals surface area contributed by atoms with Crippen LogP contribution in [0.15, 0.2) is 24.3 Å². The predicted octanol–water partition coefficient (Wildman–Crippen LogP) is 1.19. The Bertz CT molecular complexity index is 403. The molecular weight excluding hydrogens is 286 g/mol. The highest BCUT2D eigenvalue weighted by atomic mass is 35.5. The van der Waals surface area contributed by atoms with Crippen molar-refractivity contribution in [2.24, 2.45) is 0 Å². The van der Waals surface area contributed by atoms with Crippen molar-refractivity contribution in [1.82, 2.24) is 5.32 Å². The lowest BCUT2D eigenvalue weighted by molar-refractivity contribution is 0.174. The molecule has 1 aromatic rings. The van der Waals surface area contributed by atoms with Crippen LogP contribution in [0.5, 0.6) is 0 Å². The monoisotopic (exact) mass is 305 g/mol. The van der Waals surface area contributed by atoms with E-state index in [1.807, 2.05) is 18.2 Å². The maximum atomic E-state index is 11.9. The van der Waals surface area contributed by atoms with E-state index in [0.29, 0.717) is 30.5 Å². The van der Waals surface area contributed by atoms with Gasteiger partial charge in [-0.25, -0.2) is 0 Å². The predicted molar refractivity (Wildman–Crippen MR) is 78.9 cm³/mol. The summed E-state index contributed by atoms with van der Waals surface area (Å²) in [7, 11) is 0.498. The van der Waals surface area contributed by atoms with Crippen LogP contribution in [0.1, 0.15) is 5.56 Å². The Kier molecular flexibility index (Phi) is 8.25. The Labute approximate surface area is 121 Å². The zero-order chi connectivity index (χ0) is 14.1. The Hall–Kier alpha value is -0.460. The number of benzene rings is 1. The first-order valence-electron chi connectivity index (χ1n) is 6.09. The number of ether oxygens (including phenoxy) is 1. The van der Waals surface area contributed by atoms with E-state index in [0.717, 1.165) is 5.56 Å². The van der Waals surface area contributed by atoms with E-state index in [1.54, 1.807) is 13.2 Å². The summed E-state index contributed by atoms with van der Waals surface area (Å²) in [4.78, 5) is 0. The number of hydrogen-bond donors (Lipinski definition) is 2. The number of rotatable bonds is 9. The minimum Gasteiger partial charge on any atom is -0.391 e. The van der Waals surface area contributed by atoms with Crippen LogP contribution < -0.4 is 5.32 Å². The summed E-state index contributed by atoms with van der Waals surface area (Å²) in [5.74, 6) is 0.611. The van der Waals surface area contributed by atoms with Crippen molar-refractivity contribution in [1.29, 1.82) is 0 Å². The SMILES string of the molecule is COCCNCC(O)CS(=O)Cc1ccccc1Cl. The maximum Gasteiger partial charge on any atom is 0.0779 e. The summed E-state index contributed by atoms with van der Waals surface area (Å²) >= 11 is 6.00. The van der Waals surface area contributed by atoms with Crippen molar-refractivity contribution in [2.75, 3.05) is 32.6 Å². The van der Waals surface area contributed by atoms with E-state index in [2.05, 4.69) is 5.32 Å². The lowest BCUT2D eigenvalue weighted by Crippen LogP contribution is -2.33. The molecule has 19 heavy (non-hydrogen) atoms. The highest BCUT2D eigenvalue weighted by Gasteiger charge is 2.11.